The molecule has 0 amide bonds. The van der Waals surface area contributed by atoms with Crippen molar-refractivity contribution in [3.63, 3.8) is 0 Å². The minimum atomic E-state index is -0.328. The first-order valence-corrected chi connectivity index (χ1v) is 4.44. The molecule has 2 heteroatoms. The third-order valence-corrected chi connectivity index (χ3v) is 2.94. The Kier molecular flexibility index (Phi) is 2.38. The lowest BCUT2D eigenvalue weighted by molar-refractivity contribution is -0.124. The van der Waals surface area contributed by atoms with Crippen LogP contribution in [-0.2, 0) is 4.79 Å². The van der Waals surface area contributed by atoms with Crippen molar-refractivity contribution in [2.45, 2.75) is 39.2 Å². The second-order valence-corrected chi connectivity index (χ2v) is 4.03. The molecule has 2 nitrogen and oxygen atoms in total. The highest BCUT2D eigenvalue weighted by atomic mass is 16.1. The van der Waals surface area contributed by atoms with Gasteiger partial charge in [0.15, 0.2) is 5.78 Å². The molecule has 2 N–H and O–H groups in total. The van der Waals surface area contributed by atoms with Crippen molar-refractivity contribution in [2.24, 2.45) is 11.1 Å². The highest BCUT2D eigenvalue weighted by Gasteiger charge is 2.42. The smallest absolute Gasteiger partial charge is 0.165 e. The highest BCUT2D eigenvalue weighted by molar-refractivity contribution is 5.99. The third kappa shape index (κ3) is 1.31. The van der Waals surface area contributed by atoms with Crippen molar-refractivity contribution >= 4 is 5.78 Å². The number of ketones is 1. The van der Waals surface area contributed by atoms with Gasteiger partial charge in [-0.15, -0.1) is 0 Å². The molecule has 0 heterocycles. The molecule has 12 heavy (non-hydrogen) atoms. The monoisotopic (exact) mass is 167 g/mol. The first-order valence-electron chi connectivity index (χ1n) is 4.44. The maximum atomic E-state index is 11.7. The predicted molar refractivity (Wildman–Crippen MR) is 49.8 cm³/mol. The second kappa shape index (κ2) is 3.02. The molecule has 2 unspecified atom stereocenters. The summed E-state index contributed by atoms with van der Waals surface area (Å²) in [6.45, 7) is 7.40. The zero-order valence-electron chi connectivity index (χ0n) is 7.89. The molecule has 1 saturated carbocycles. The fourth-order valence-electron chi connectivity index (χ4n) is 1.96. The van der Waals surface area contributed by atoms with Gasteiger partial charge in [0.05, 0.1) is 0 Å². The number of carbonyl (C=O) groups is 1. The van der Waals surface area contributed by atoms with Gasteiger partial charge in [-0.25, -0.2) is 0 Å². The van der Waals surface area contributed by atoms with Gasteiger partial charge in [0.2, 0.25) is 0 Å². The van der Waals surface area contributed by atoms with Crippen molar-refractivity contribution in [1.82, 2.24) is 0 Å². The zero-order chi connectivity index (χ0) is 9.35. The normalized spacial score (nSPS) is 35.1. The van der Waals surface area contributed by atoms with Crippen molar-refractivity contribution in [3.8, 4) is 0 Å². The second-order valence-electron chi connectivity index (χ2n) is 4.03. The van der Waals surface area contributed by atoms with Crippen molar-refractivity contribution < 1.29 is 4.79 Å². The standard InChI is InChI=1S/C10H17NO/c1-7(2)9(12)10(3)6-4-5-8(10)11/h8H,1,4-6,11H2,2-3H3. The largest absolute Gasteiger partial charge is 0.327 e. The van der Waals surface area contributed by atoms with E-state index in [0.29, 0.717) is 5.57 Å². The first-order chi connectivity index (χ1) is 5.48. The van der Waals surface area contributed by atoms with Gasteiger partial charge in [-0.05, 0) is 25.3 Å². The van der Waals surface area contributed by atoms with E-state index in [9.17, 15) is 4.79 Å². The molecule has 68 valence electrons. The van der Waals surface area contributed by atoms with Gasteiger partial charge in [0, 0.05) is 11.5 Å². The fourth-order valence-corrected chi connectivity index (χ4v) is 1.96. The van der Waals surface area contributed by atoms with Crippen LogP contribution >= 0.6 is 0 Å². The van der Waals surface area contributed by atoms with Crippen molar-refractivity contribution in [1.29, 1.82) is 0 Å². The minimum absolute atomic E-state index is 0.0294. The van der Waals surface area contributed by atoms with E-state index in [1.54, 1.807) is 6.92 Å². The maximum Gasteiger partial charge on any atom is 0.165 e. The Morgan fingerprint density at radius 1 is 1.67 bits per heavy atom. The van der Waals surface area contributed by atoms with E-state index >= 15 is 0 Å². The third-order valence-electron chi connectivity index (χ3n) is 2.94. The maximum absolute atomic E-state index is 11.7. The van der Waals surface area contributed by atoms with E-state index in [4.69, 9.17) is 5.73 Å². The van der Waals surface area contributed by atoms with Gasteiger partial charge in [-0.2, -0.15) is 0 Å². The van der Waals surface area contributed by atoms with Crippen molar-refractivity contribution in [3.05, 3.63) is 12.2 Å². The lowest BCUT2D eigenvalue weighted by atomic mass is 9.78. The molecule has 1 aliphatic rings. The Hall–Kier alpha value is -0.630. The van der Waals surface area contributed by atoms with Crippen LogP contribution in [-0.4, -0.2) is 11.8 Å². The summed E-state index contributed by atoms with van der Waals surface area (Å²) in [6, 6.07) is 0.0294. The zero-order valence-corrected chi connectivity index (χ0v) is 7.89. The molecule has 0 bridgehead atoms. The number of nitrogens with two attached hydrogens (primary N) is 1. The molecular formula is C10H17NO. The first kappa shape index (κ1) is 9.46. The fraction of sp³-hybridized carbons (Fsp3) is 0.700. The van der Waals surface area contributed by atoms with E-state index in [1.807, 2.05) is 6.92 Å². The number of hydrogen-bond acceptors (Lipinski definition) is 2. The van der Waals surface area contributed by atoms with Crippen LogP contribution in [0.3, 0.4) is 0 Å². The van der Waals surface area contributed by atoms with E-state index in [1.165, 1.54) is 0 Å². The lowest BCUT2D eigenvalue weighted by Crippen LogP contribution is -2.41. The average Bonchev–Trinajstić information content (AvgIpc) is 2.32. The summed E-state index contributed by atoms with van der Waals surface area (Å²) in [7, 11) is 0. The Morgan fingerprint density at radius 2 is 2.25 bits per heavy atom. The summed E-state index contributed by atoms with van der Waals surface area (Å²) in [5, 5.41) is 0. The van der Waals surface area contributed by atoms with Gasteiger partial charge in [-0.3, -0.25) is 4.79 Å². The van der Waals surface area contributed by atoms with Crippen LogP contribution in [0.5, 0.6) is 0 Å². The van der Waals surface area contributed by atoms with Crippen LogP contribution in [0.15, 0.2) is 12.2 Å². The van der Waals surface area contributed by atoms with Crippen LogP contribution in [0, 0.1) is 5.41 Å². The molecule has 0 aliphatic heterocycles. The number of hydrogen-bond donors (Lipinski definition) is 1. The molecule has 1 aliphatic carbocycles. The molecule has 1 fully saturated rings. The Balaban J connectivity index is 2.84. The molecule has 0 spiro atoms. The summed E-state index contributed by atoms with van der Waals surface area (Å²) in [6.07, 6.45) is 2.95. The number of allylic oxidation sites excluding steroid dienone is 1. The molecule has 1 rings (SSSR count). The van der Waals surface area contributed by atoms with Crippen LogP contribution in [0.2, 0.25) is 0 Å². The van der Waals surface area contributed by atoms with Gasteiger partial charge < -0.3 is 5.73 Å². The van der Waals surface area contributed by atoms with E-state index in [-0.39, 0.29) is 17.2 Å². The summed E-state index contributed by atoms with van der Waals surface area (Å²) in [5.74, 6) is 0.146. The molecule has 0 aromatic carbocycles. The van der Waals surface area contributed by atoms with Gasteiger partial charge in [0.1, 0.15) is 0 Å². The van der Waals surface area contributed by atoms with Crippen LogP contribution in [0.4, 0.5) is 0 Å². The molecular weight excluding hydrogens is 150 g/mol. The Bertz CT molecular complexity index is 222. The summed E-state index contributed by atoms with van der Waals surface area (Å²) >= 11 is 0. The predicted octanol–water partition coefficient (Wildman–Crippen LogP) is 1.65. The summed E-state index contributed by atoms with van der Waals surface area (Å²) in [5.41, 5.74) is 6.20. The van der Waals surface area contributed by atoms with Crippen LogP contribution in [0.25, 0.3) is 0 Å². The summed E-state index contributed by atoms with van der Waals surface area (Å²) in [4.78, 5) is 11.7. The Labute approximate surface area is 73.8 Å². The molecule has 0 aromatic rings. The highest BCUT2D eigenvalue weighted by Crippen LogP contribution is 2.38. The van der Waals surface area contributed by atoms with Crippen LogP contribution < -0.4 is 5.73 Å². The minimum Gasteiger partial charge on any atom is -0.327 e. The van der Waals surface area contributed by atoms with Gasteiger partial charge in [0.25, 0.3) is 0 Å². The molecule has 0 aromatic heterocycles. The quantitative estimate of drug-likeness (QED) is 0.635. The van der Waals surface area contributed by atoms with Crippen LogP contribution in [0.1, 0.15) is 33.1 Å². The summed E-state index contributed by atoms with van der Waals surface area (Å²) < 4.78 is 0. The van der Waals surface area contributed by atoms with E-state index in [2.05, 4.69) is 6.58 Å². The Morgan fingerprint density at radius 3 is 2.58 bits per heavy atom. The average molecular weight is 167 g/mol. The molecule has 2 atom stereocenters. The lowest BCUT2D eigenvalue weighted by Gasteiger charge is -2.27. The van der Waals surface area contributed by atoms with Gasteiger partial charge >= 0.3 is 0 Å². The van der Waals surface area contributed by atoms with Gasteiger partial charge in [-0.1, -0.05) is 19.9 Å². The molecule has 0 saturated heterocycles. The number of Topliss-reactive ketones (excluding diaryl/α,β-unsaturated/α-hetero) is 1. The number of rotatable bonds is 2. The van der Waals surface area contributed by atoms with E-state index < -0.39 is 0 Å². The SMILES string of the molecule is C=C(C)C(=O)C1(C)CCCC1N. The van der Waals surface area contributed by atoms with Crippen molar-refractivity contribution in [2.75, 3.05) is 0 Å². The van der Waals surface area contributed by atoms with E-state index in [0.717, 1.165) is 19.3 Å². The molecule has 0 radical (unpaired) electrons. The number of carbonyl (C=O) groups excluding carboxylic acids is 1. The topological polar surface area (TPSA) is 43.1 Å².